The second-order valence-corrected chi connectivity index (χ2v) is 25.2. The average Bonchev–Trinajstić information content (AvgIpc) is 0.743. The summed E-state index contributed by atoms with van der Waals surface area (Å²) in [7, 11) is 0. The molecule has 4 N–H and O–H groups in total. The van der Waals surface area contributed by atoms with E-state index in [9.17, 15) is 0 Å². The number of halogens is 1. The van der Waals surface area contributed by atoms with Crippen LogP contribution in [0.5, 0.6) is 0 Å². The van der Waals surface area contributed by atoms with E-state index in [1.54, 1.807) is 80.3 Å². The van der Waals surface area contributed by atoms with E-state index in [-0.39, 0.29) is 67.4 Å². The van der Waals surface area contributed by atoms with Crippen LogP contribution in [0.4, 0.5) is 11.4 Å². The van der Waals surface area contributed by atoms with E-state index in [1.165, 1.54) is 0 Å². The molecule has 559 valence electrons. The quantitative estimate of drug-likeness (QED) is 0.0414. The third-order valence-electron chi connectivity index (χ3n) is 16.7. The first-order valence-corrected chi connectivity index (χ1v) is 35.8. The van der Waals surface area contributed by atoms with Crippen LogP contribution < -0.4 is 11.5 Å². The first-order valence-electron chi connectivity index (χ1n) is 35.0. The Kier molecular flexibility index (Phi) is 30.9. The van der Waals surface area contributed by atoms with Gasteiger partial charge in [0.15, 0.2) is 0 Å². The topological polar surface area (TPSA) is 259 Å². The second-order valence-electron chi connectivity index (χ2n) is 24.2. The number of hydrogen-bond donors (Lipinski definition) is 2. The van der Waals surface area contributed by atoms with Crippen molar-refractivity contribution in [2.24, 2.45) is 0 Å². The summed E-state index contributed by atoms with van der Waals surface area (Å²) < 4.78 is 0.989. The third-order valence-corrected chi connectivity index (χ3v) is 17.2. The zero-order valence-corrected chi connectivity index (χ0v) is 69.5. The number of allylic oxidation sites excluding steroid dienone is 2. The summed E-state index contributed by atoms with van der Waals surface area (Å²) >= 11 is 3.50. The maximum atomic E-state index is 5.84. The molecule has 13 aromatic heterocycles. The molecule has 1 radical (unpaired) electrons. The zero-order valence-electron chi connectivity index (χ0n) is 61.5. The number of nitrogens with two attached hydrogens (primary N) is 2. The smallest absolute Gasteiger partial charge is 0.679 e. The summed E-state index contributed by atoms with van der Waals surface area (Å²) in [6.07, 6.45) is 30.6. The van der Waals surface area contributed by atoms with Crippen molar-refractivity contribution in [2.75, 3.05) is 18.0 Å². The fourth-order valence-electron chi connectivity index (χ4n) is 11.6. The fourth-order valence-corrected chi connectivity index (χ4v) is 12.0. The van der Waals surface area contributed by atoms with Crippen LogP contribution in [-0.2, 0) is 60.0 Å². The van der Waals surface area contributed by atoms with Crippen molar-refractivity contribution in [3.63, 3.8) is 0 Å². The molecule has 0 saturated carbocycles. The molecule has 0 saturated heterocycles. The van der Waals surface area contributed by atoms with Crippen LogP contribution in [0.1, 0.15) is 22.4 Å². The maximum Gasteiger partial charge on any atom is 1.00 e. The zero-order chi connectivity index (χ0) is 75.8. The number of fused-ring (bicyclic) bond motifs is 14. The molecule has 115 heavy (non-hydrogen) atoms. The summed E-state index contributed by atoms with van der Waals surface area (Å²) in [6, 6.07) is 83.0. The van der Waals surface area contributed by atoms with Gasteiger partial charge < -0.3 is 24.2 Å². The van der Waals surface area contributed by atoms with E-state index in [2.05, 4.69) is 93.8 Å². The number of hydrogen-bond acceptors (Lipinski definition) is 17. The Morgan fingerprint density at radius 3 is 0.974 bits per heavy atom. The van der Waals surface area contributed by atoms with Crippen LogP contribution in [0, 0.1) is 31.6 Å². The molecule has 0 aliphatic carbocycles. The van der Waals surface area contributed by atoms with Gasteiger partial charge in [0.25, 0.3) is 0 Å². The van der Waals surface area contributed by atoms with Crippen molar-refractivity contribution >= 4 is 121 Å². The van der Waals surface area contributed by atoms with Crippen molar-refractivity contribution in [1.82, 2.24) is 74.8 Å². The van der Waals surface area contributed by atoms with Gasteiger partial charge in [-0.15, -0.1) is 24.7 Å². The molecule has 19 aromatic rings. The molecule has 18 nitrogen and oxygen atoms in total. The first-order chi connectivity index (χ1) is 54.8. The minimum absolute atomic E-state index is 0. The predicted octanol–water partition coefficient (Wildman–Crippen LogP) is 20.0. The van der Waals surface area contributed by atoms with E-state index in [4.69, 9.17) is 37.8 Å². The normalized spacial score (nSPS) is 10.6. The Morgan fingerprint density at radius 2 is 0.643 bits per heavy atom. The summed E-state index contributed by atoms with van der Waals surface area (Å²) in [5.41, 5.74) is 32.8. The minimum atomic E-state index is 0. The van der Waals surface area contributed by atoms with Gasteiger partial charge in [0.1, 0.15) is 0 Å². The maximum absolute atomic E-state index is 5.84. The summed E-state index contributed by atoms with van der Waals surface area (Å²) in [4.78, 5) is 67.1. The van der Waals surface area contributed by atoms with Crippen molar-refractivity contribution in [3.8, 4) is 58.3 Å². The van der Waals surface area contributed by atoms with Crippen molar-refractivity contribution in [2.45, 2.75) is 0 Å². The van der Waals surface area contributed by atoms with Crippen LogP contribution >= 0.6 is 15.9 Å². The molecule has 0 unspecified atom stereocenters. The van der Waals surface area contributed by atoms with Gasteiger partial charge >= 0.3 is 19.5 Å². The summed E-state index contributed by atoms with van der Waals surface area (Å²) in [6.45, 7) is 0.766. The molecule has 1 aliphatic rings. The van der Waals surface area contributed by atoms with Crippen molar-refractivity contribution in [3.05, 3.63) is 387 Å². The Balaban J connectivity index is 0.000000148. The van der Waals surface area contributed by atoms with Gasteiger partial charge in [-0.25, -0.2) is 19.9 Å². The van der Waals surface area contributed by atoms with Crippen LogP contribution in [0.3, 0.4) is 0 Å². The largest absolute Gasteiger partial charge is 1.00 e. The van der Waals surface area contributed by atoms with E-state index < -0.39 is 0 Å². The second kappa shape index (κ2) is 42.3. The number of benzene rings is 6. The Hall–Kier alpha value is -13.4. The third kappa shape index (κ3) is 21.9. The number of terminal acetylenes is 1. The number of aromatic nitrogens is 15. The Labute approximate surface area is 712 Å². The van der Waals surface area contributed by atoms with Crippen LogP contribution in [0.25, 0.3) is 133 Å². The Bertz CT molecular complexity index is 6310. The van der Waals surface area contributed by atoms with Gasteiger partial charge in [-0.1, -0.05) is 100 Å². The molecule has 0 bridgehead atoms. The summed E-state index contributed by atoms with van der Waals surface area (Å²) in [5, 5.41) is 8.15. The van der Waals surface area contributed by atoms with E-state index in [1.807, 2.05) is 267 Å². The van der Waals surface area contributed by atoms with Crippen molar-refractivity contribution < 1.29 is 60.0 Å². The van der Waals surface area contributed by atoms with Gasteiger partial charge in [-0.3, -0.25) is 54.8 Å². The van der Waals surface area contributed by atoms with Gasteiger partial charge in [-0.2, -0.15) is 0 Å². The number of rotatable bonds is 4. The first kappa shape index (κ1) is 84.1. The van der Waals surface area contributed by atoms with Gasteiger partial charge in [0.05, 0.1) is 100 Å². The average molecular weight is 1900 g/mol. The summed E-state index contributed by atoms with van der Waals surface area (Å²) in [5.74, 6) is 8.85. The molecule has 6 aromatic carbocycles. The molecule has 20 rings (SSSR count). The SMILES string of the molecule is Brc1ccc2nc3c4cccnc4c4ncccc4c3nc2c1.C#Cc1cccc(N)c1.C1=CC[N-]C(c2ccccn2)=C1.Nc1cccc(C#Cc2ccc3nc4c5cccnc5c5ncccc5c4nc3c2)c1.[CH3-].[Ru+].[Ru].[W].c1ccc(-c2ccccn2)nc1.c1ccc(-c2ccccn2)nc1.c1ccc(-c2ccccn2)nc1. The predicted molar refractivity (Wildman–Crippen MR) is 457 cm³/mol. The number of nitrogen functional groups attached to an aromatic ring is 2. The number of nitrogens with zero attached hydrogens (tertiary/aromatic N) is 16. The minimum Gasteiger partial charge on any atom is -0.679 e. The van der Waals surface area contributed by atoms with Gasteiger partial charge in [0.2, 0.25) is 0 Å². The molecule has 0 fully saturated rings. The number of anilines is 2. The number of pyridine rings is 11. The molecule has 0 atom stereocenters. The molecule has 0 spiro atoms. The monoisotopic (exact) mass is 1900 g/mol. The van der Waals surface area contributed by atoms with E-state index >= 15 is 0 Å². The van der Waals surface area contributed by atoms with Crippen molar-refractivity contribution in [1.29, 1.82) is 0 Å². The van der Waals surface area contributed by atoms with E-state index in [0.29, 0.717) is 11.4 Å². The van der Waals surface area contributed by atoms with Crippen LogP contribution in [-0.4, -0.2) is 81.3 Å². The standard InChI is InChI=1S/C26H15N5.C18H9BrN4.C10H9N2.3C10H8N2.C8H7N.CH3.2Ru.W/c27-18-5-1-4-16(14-18)8-9-17-10-11-21-22(15-17)31-26-20-7-3-13-29-24(20)23-19(25(26)30-21)6-2-12-28-23;19-10-5-6-13-14(9-10)23-18-12-4-2-8-21-16(12)15-11(17(18)22-13)3-1-7-20-15;4*1-3-7-11-9(5-1)10-6-2-4-8-12-10;1-2-7-4-3-5-8(9)6-7;;;;/h1-7,10-15H,27H2;1-9H;1-7H,8H2;3*1-8H;1,3-6H,9H2;1H3;;;/q;;-1;;;;;-1;;+1;. The van der Waals surface area contributed by atoms with Crippen LogP contribution in [0.15, 0.2) is 352 Å². The van der Waals surface area contributed by atoms with Gasteiger partial charge in [-0.05, 0) is 206 Å². The van der Waals surface area contributed by atoms with Crippen LogP contribution in [0.2, 0.25) is 0 Å². The molecular formula is C93H67BrN18Ru2W-. The molecule has 14 heterocycles. The van der Waals surface area contributed by atoms with Gasteiger partial charge in [0, 0.05) is 168 Å². The molecule has 1 aliphatic heterocycles. The molecular weight excluding hydrogens is 1840 g/mol. The Morgan fingerprint density at radius 1 is 0.322 bits per heavy atom. The molecule has 0 amide bonds. The van der Waals surface area contributed by atoms with E-state index in [0.717, 1.165) is 161 Å². The fraction of sp³-hybridized carbons (Fsp3) is 0.0108. The molecule has 22 heteroatoms.